The SMILES string of the molecule is Cc1cc(Cl)c2cc(N(C=O)[C@H](CO)c3ccc(S(=O)(=O)CC(=O)OC(C)C)cc3)n(C)c2n1. The highest BCUT2D eigenvalue weighted by molar-refractivity contribution is 7.92. The van der Waals surface area contributed by atoms with E-state index in [-0.39, 0.29) is 4.90 Å². The Hall–Kier alpha value is -2.95. The summed E-state index contributed by atoms with van der Waals surface area (Å²) in [5.41, 5.74) is 1.80. The Labute approximate surface area is 202 Å². The van der Waals surface area contributed by atoms with Gasteiger partial charge in [0.1, 0.15) is 11.5 Å². The summed E-state index contributed by atoms with van der Waals surface area (Å²) in [5, 5.41) is 11.3. The van der Waals surface area contributed by atoms with Gasteiger partial charge in [-0.1, -0.05) is 23.7 Å². The summed E-state index contributed by atoms with van der Waals surface area (Å²) in [6.45, 7) is 4.65. The molecule has 0 saturated heterocycles. The number of aryl methyl sites for hydroxylation is 2. The van der Waals surface area contributed by atoms with E-state index in [4.69, 9.17) is 16.3 Å². The summed E-state index contributed by atoms with van der Waals surface area (Å²) in [7, 11) is -2.18. The van der Waals surface area contributed by atoms with Crippen LogP contribution in [0.1, 0.15) is 31.1 Å². The zero-order valence-corrected chi connectivity index (χ0v) is 20.8. The second-order valence-electron chi connectivity index (χ2n) is 8.12. The van der Waals surface area contributed by atoms with Crippen LogP contribution in [0.15, 0.2) is 41.3 Å². The van der Waals surface area contributed by atoms with Crippen LogP contribution in [0.25, 0.3) is 11.0 Å². The lowest BCUT2D eigenvalue weighted by Gasteiger charge is -2.27. The first-order valence-electron chi connectivity index (χ1n) is 10.5. The van der Waals surface area contributed by atoms with Gasteiger partial charge in [0.25, 0.3) is 0 Å². The van der Waals surface area contributed by atoms with Gasteiger partial charge in [0, 0.05) is 18.1 Å². The van der Waals surface area contributed by atoms with E-state index >= 15 is 0 Å². The number of hydrogen-bond acceptors (Lipinski definition) is 7. The van der Waals surface area contributed by atoms with Crippen molar-refractivity contribution in [3.8, 4) is 0 Å². The maximum Gasteiger partial charge on any atom is 0.321 e. The molecule has 182 valence electrons. The van der Waals surface area contributed by atoms with Gasteiger partial charge in [-0.3, -0.25) is 14.5 Å². The summed E-state index contributed by atoms with van der Waals surface area (Å²) >= 11 is 6.35. The molecule has 34 heavy (non-hydrogen) atoms. The van der Waals surface area contributed by atoms with Gasteiger partial charge in [0.15, 0.2) is 15.6 Å². The molecular weight excluding hydrogens is 482 g/mol. The fourth-order valence-corrected chi connectivity index (χ4v) is 5.07. The van der Waals surface area contributed by atoms with Crippen LogP contribution < -0.4 is 4.90 Å². The number of aliphatic hydroxyl groups excluding tert-OH is 1. The topological polar surface area (TPSA) is 119 Å². The number of esters is 1. The minimum atomic E-state index is -3.91. The van der Waals surface area contributed by atoms with E-state index in [0.29, 0.717) is 33.8 Å². The standard InChI is InChI=1S/C23H26ClN3O6S/c1-14(2)33-22(30)12-34(31,32)17-7-5-16(6-8-17)20(11-28)27(13-29)21-10-18-19(24)9-15(3)25-23(18)26(21)4/h5-10,13-14,20,28H,11-12H2,1-4H3/t20-/m1/s1. The summed E-state index contributed by atoms with van der Waals surface area (Å²) < 4.78 is 31.7. The normalized spacial score (nSPS) is 12.7. The number of benzene rings is 1. The van der Waals surface area contributed by atoms with E-state index < -0.39 is 40.3 Å². The number of aromatic nitrogens is 2. The molecule has 0 unspecified atom stereocenters. The Morgan fingerprint density at radius 3 is 2.47 bits per heavy atom. The highest BCUT2D eigenvalue weighted by Gasteiger charge is 2.26. The quantitative estimate of drug-likeness (QED) is 0.349. The van der Waals surface area contributed by atoms with Crippen LogP contribution >= 0.6 is 11.6 Å². The largest absolute Gasteiger partial charge is 0.462 e. The van der Waals surface area contributed by atoms with Crippen LogP contribution in [0.3, 0.4) is 0 Å². The number of anilines is 1. The molecule has 2 heterocycles. The molecular formula is C23H26ClN3O6S. The summed E-state index contributed by atoms with van der Waals surface area (Å²) in [6.07, 6.45) is 0.162. The average molecular weight is 508 g/mol. The van der Waals surface area contributed by atoms with Gasteiger partial charge in [-0.15, -0.1) is 0 Å². The second kappa shape index (κ2) is 10.1. The molecule has 3 rings (SSSR count). The number of amides is 1. The van der Waals surface area contributed by atoms with E-state index in [0.717, 1.165) is 5.69 Å². The van der Waals surface area contributed by atoms with E-state index in [9.17, 15) is 23.1 Å². The number of ether oxygens (including phenoxy) is 1. The van der Waals surface area contributed by atoms with Crippen LogP contribution in [-0.4, -0.2) is 53.9 Å². The smallest absolute Gasteiger partial charge is 0.321 e. The van der Waals surface area contributed by atoms with Crippen molar-refractivity contribution in [2.24, 2.45) is 7.05 Å². The van der Waals surface area contributed by atoms with E-state index in [2.05, 4.69) is 4.98 Å². The highest BCUT2D eigenvalue weighted by atomic mass is 35.5. The van der Waals surface area contributed by atoms with Crippen LogP contribution in [0.4, 0.5) is 5.82 Å². The van der Waals surface area contributed by atoms with Crippen molar-refractivity contribution in [2.45, 2.75) is 37.8 Å². The van der Waals surface area contributed by atoms with E-state index in [1.165, 1.54) is 29.2 Å². The maximum absolute atomic E-state index is 12.6. The van der Waals surface area contributed by atoms with Gasteiger partial charge >= 0.3 is 5.97 Å². The Bertz CT molecular complexity index is 1320. The zero-order valence-electron chi connectivity index (χ0n) is 19.2. The molecule has 1 amide bonds. The summed E-state index contributed by atoms with van der Waals surface area (Å²) in [6, 6.07) is 8.29. The molecule has 0 aliphatic carbocycles. The Morgan fingerprint density at radius 2 is 1.91 bits per heavy atom. The second-order valence-corrected chi connectivity index (χ2v) is 10.5. The van der Waals surface area contributed by atoms with Crippen LogP contribution in [0, 0.1) is 6.92 Å². The minimum absolute atomic E-state index is 0.0673. The third-order valence-corrected chi connectivity index (χ3v) is 7.16. The van der Waals surface area contributed by atoms with Gasteiger partial charge in [-0.05, 0) is 50.6 Å². The summed E-state index contributed by atoms with van der Waals surface area (Å²) in [5.74, 6) is -1.16. The van der Waals surface area contributed by atoms with Crippen molar-refractivity contribution < 1.29 is 27.9 Å². The lowest BCUT2D eigenvalue weighted by molar-refractivity contribution is -0.144. The molecule has 0 aliphatic rings. The molecule has 11 heteroatoms. The predicted octanol–water partition coefficient (Wildman–Crippen LogP) is 2.96. The fraction of sp³-hybridized carbons (Fsp3) is 0.348. The van der Waals surface area contributed by atoms with E-state index in [1.807, 2.05) is 6.92 Å². The highest BCUT2D eigenvalue weighted by Crippen LogP contribution is 2.33. The van der Waals surface area contributed by atoms with Gasteiger partial charge in [-0.25, -0.2) is 13.4 Å². The number of aliphatic hydroxyl groups is 1. The lowest BCUT2D eigenvalue weighted by Crippen LogP contribution is -2.31. The number of hydrogen-bond donors (Lipinski definition) is 1. The van der Waals surface area contributed by atoms with Crippen molar-refractivity contribution >= 4 is 50.7 Å². The molecule has 9 nitrogen and oxygen atoms in total. The molecule has 3 aromatic rings. The minimum Gasteiger partial charge on any atom is -0.462 e. The molecule has 2 aromatic heterocycles. The van der Waals surface area contributed by atoms with Gasteiger partial charge < -0.3 is 14.4 Å². The van der Waals surface area contributed by atoms with E-state index in [1.54, 1.807) is 37.6 Å². The first kappa shape index (κ1) is 25.7. The average Bonchev–Trinajstić information content (AvgIpc) is 3.07. The first-order chi connectivity index (χ1) is 16.0. The number of pyridine rings is 1. The maximum atomic E-state index is 12.6. The van der Waals surface area contributed by atoms with Crippen LogP contribution in [0.2, 0.25) is 5.02 Å². The van der Waals surface area contributed by atoms with Crippen molar-refractivity contribution in [3.05, 3.63) is 52.7 Å². The lowest BCUT2D eigenvalue weighted by atomic mass is 10.1. The van der Waals surface area contributed by atoms with Crippen LogP contribution in [-0.2, 0) is 31.2 Å². The Balaban J connectivity index is 1.93. The number of carbonyl (C=O) groups excluding carboxylic acids is 2. The molecule has 1 atom stereocenters. The molecule has 0 radical (unpaired) electrons. The van der Waals surface area contributed by atoms with Crippen LogP contribution in [0.5, 0.6) is 0 Å². The number of nitrogens with zero attached hydrogens (tertiary/aromatic N) is 3. The fourth-order valence-electron chi connectivity index (χ4n) is 3.67. The van der Waals surface area contributed by atoms with Gasteiger partial charge in [0.05, 0.1) is 28.7 Å². The molecule has 0 aliphatic heterocycles. The molecule has 0 bridgehead atoms. The number of rotatable bonds is 9. The number of sulfone groups is 1. The number of halogens is 1. The third kappa shape index (κ3) is 5.24. The van der Waals surface area contributed by atoms with Crippen molar-refractivity contribution in [1.82, 2.24) is 9.55 Å². The zero-order chi connectivity index (χ0) is 25.2. The Morgan fingerprint density at radius 1 is 1.26 bits per heavy atom. The van der Waals surface area contributed by atoms with Gasteiger partial charge in [-0.2, -0.15) is 0 Å². The predicted molar refractivity (Wildman–Crippen MR) is 129 cm³/mol. The molecule has 1 aromatic carbocycles. The van der Waals surface area contributed by atoms with Crippen molar-refractivity contribution in [1.29, 1.82) is 0 Å². The van der Waals surface area contributed by atoms with Crippen molar-refractivity contribution in [3.63, 3.8) is 0 Å². The molecule has 0 fully saturated rings. The monoisotopic (exact) mass is 507 g/mol. The molecule has 0 spiro atoms. The third-order valence-electron chi connectivity index (χ3n) is 5.24. The molecule has 0 saturated carbocycles. The summed E-state index contributed by atoms with van der Waals surface area (Å²) in [4.78, 5) is 29.6. The number of carbonyl (C=O) groups is 2. The first-order valence-corrected chi connectivity index (χ1v) is 12.5. The number of fused-ring (bicyclic) bond motifs is 1. The molecule has 1 N–H and O–H groups in total. The Kier molecular flexibility index (Phi) is 7.64. The van der Waals surface area contributed by atoms with Crippen molar-refractivity contribution in [2.75, 3.05) is 17.3 Å². The van der Waals surface area contributed by atoms with Gasteiger partial charge in [0.2, 0.25) is 6.41 Å².